The minimum absolute atomic E-state index is 0.221. The number of ether oxygens (including phenoxy) is 2. The van der Waals surface area contributed by atoms with Gasteiger partial charge < -0.3 is 15.2 Å². The first kappa shape index (κ1) is 13.3. The van der Waals surface area contributed by atoms with Gasteiger partial charge in [0.2, 0.25) is 0 Å². The zero-order chi connectivity index (χ0) is 12.0. The number of rotatable bonds is 6. The molecule has 1 aromatic carbocycles. The Hall–Kier alpha value is -0.770. The molecule has 1 rings (SSSR count). The van der Waals surface area contributed by atoms with Gasteiger partial charge in [0.25, 0.3) is 0 Å². The van der Waals surface area contributed by atoms with Gasteiger partial charge in [0, 0.05) is 6.54 Å². The summed E-state index contributed by atoms with van der Waals surface area (Å²) in [5.74, 6) is 0.672. The third kappa shape index (κ3) is 4.39. The summed E-state index contributed by atoms with van der Waals surface area (Å²) in [6.45, 7) is 5.52. The lowest BCUT2D eigenvalue weighted by Gasteiger charge is -2.10. The molecule has 0 aliphatic rings. The summed E-state index contributed by atoms with van der Waals surface area (Å²) in [5, 5.41) is 0.590. The van der Waals surface area contributed by atoms with Gasteiger partial charge in [-0.1, -0.05) is 17.7 Å². The summed E-state index contributed by atoms with van der Waals surface area (Å²) in [6.07, 6.45) is 0.221. The Bertz CT molecular complexity index is 329. The van der Waals surface area contributed by atoms with Gasteiger partial charge in [-0.15, -0.1) is 0 Å². The molecule has 0 saturated carbocycles. The van der Waals surface area contributed by atoms with Crippen molar-refractivity contribution in [2.45, 2.75) is 26.5 Å². The second-order valence-corrected chi connectivity index (χ2v) is 4.14. The van der Waals surface area contributed by atoms with Gasteiger partial charge in [0.1, 0.15) is 12.4 Å². The van der Waals surface area contributed by atoms with E-state index in [0.29, 0.717) is 30.5 Å². The lowest BCUT2D eigenvalue weighted by Crippen LogP contribution is -2.11. The average molecular weight is 244 g/mol. The van der Waals surface area contributed by atoms with Crippen molar-refractivity contribution in [1.29, 1.82) is 0 Å². The third-order valence-electron chi connectivity index (χ3n) is 2.02. The maximum absolute atomic E-state index is 6.03. The van der Waals surface area contributed by atoms with Crippen molar-refractivity contribution in [3.63, 3.8) is 0 Å². The molecule has 16 heavy (non-hydrogen) atoms. The SMILES string of the molecule is CC(C)OCCOc1ccc(CN)cc1Cl. The predicted octanol–water partition coefficient (Wildman–Crippen LogP) is 2.60. The Morgan fingerprint density at radius 2 is 2.06 bits per heavy atom. The Kier molecular flexibility index (Phi) is 5.60. The topological polar surface area (TPSA) is 44.5 Å². The summed E-state index contributed by atoms with van der Waals surface area (Å²) in [5.41, 5.74) is 6.50. The standard InChI is InChI=1S/C12H18ClNO2/c1-9(2)15-5-6-16-12-4-3-10(8-14)7-11(12)13/h3-4,7,9H,5-6,8,14H2,1-2H3. The summed E-state index contributed by atoms with van der Waals surface area (Å²) in [7, 11) is 0. The summed E-state index contributed by atoms with van der Waals surface area (Å²) < 4.78 is 10.8. The van der Waals surface area contributed by atoms with Crippen molar-refractivity contribution in [3.05, 3.63) is 28.8 Å². The smallest absolute Gasteiger partial charge is 0.138 e. The van der Waals surface area contributed by atoms with Crippen LogP contribution >= 0.6 is 11.6 Å². The molecule has 0 amide bonds. The molecule has 2 N–H and O–H groups in total. The fourth-order valence-electron chi connectivity index (χ4n) is 1.22. The van der Waals surface area contributed by atoms with Gasteiger partial charge in [0.05, 0.1) is 17.7 Å². The molecule has 0 fully saturated rings. The quantitative estimate of drug-likeness (QED) is 0.782. The lowest BCUT2D eigenvalue weighted by atomic mass is 10.2. The molecule has 0 spiro atoms. The van der Waals surface area contributed by atoms with Crippen LogP contribution in [0.25, 0.3) is 0 Å². The molecular formula is C12H18ClNO2. The maximum Gasteiger partial charge on any atom is 0.138 e. The van der Waals surface area contributed by atoms with Gasteiger partial charge in [-0.3, -0.25) is 0 Å². The van der Waals surface area contributed by atoms with E-state index in [9.17, 15) is 0 Å². The number of nitrogens with two attached hydrogens (primary N) is 1. The summed E-state index contributed by atoms with van der Waals surface area (Å²) in [6, 6.07) is 5.56. The Balaban J connectivity index is 2.42. The minimum Gasteiger partial charge on any atom is -0.490 e. The van der Waals surface area contributed by atoms with Crippen LogP contribution in [0.5, 0.6) is 5.75 Å². The van der Waals surface area contributed by atoms with Gasteiger partial charge in [-0.05, 0) is 31.5 Å². The first-order valence-corrected chi connectivity index (χ1v) is 5.74. The van der Waals surface area contributed by atoms with E-state index < -0.39 is 0 Å². The van der Waals surface area contributed by atoms with Crippen molar-refractivity contribution < 1.29 is 9.47 Å². The van der Waals surface area contributed by atoms with Crippen LogP contribution in [0.3, 0.4) is 0 Å². The van der Waals surface area contributed by atoms with Gasteiger partial charge >= 0.3 is 0 Å². The summed E-state index contributed by atoms with van der Waals surface area (Å²) >= 11 is 6.03. The highest BCUT2D eigenvalue weighted by molar-refractivity contribution is 6.32. The van der Waals surface area contributed by atoms with Crippen LogP contribution in [0.15, 0.2) is 18.2 Å². The lowest BCUT2D eigenvalue weighted by molar-refractivity contribution is 0.0553. The van der Waals surface area contributed by atoms with Gasteiger partial charge in [-0.25, -0.2) is 0 Å². The van der Waals surface area contributed by atoms with Gasteiger partial charge in [-0.2, -0.15) is 0 Å². The first-order chi connectivity index (χ1) is 7.63. The molecule has 0 radical (unpaired) electrons. The molecule has 0 heterocycles. The Morgan fingerprint density at radius 3 is 2.62 bits per heavy atom. The van der Waals surface area contributed by atoms with Crippen molar-refractivity contribution in [2.24, 2.45) is 5.73 Å². The number of halogens is 1. The van der Waals surface area contributed by atoms with Crippen LogP contribution in [-0.2, 0) is 11.3 Å². The van der Waals surface area contributed by atoms with E-state index in [1.54, 1.807) is 0 Å². The number of hydrogen-bond donors (Lipinski definition) is 1. The van der Waals surface area contributed by atoms with E-state index in [1.807, 2.05) is 32.0 Å². The van der Waals surface area contributed by atoms with Crippen LogP contribution < -0.4 is 10.5 Å². The van der Waals surface area contributed by atoms with E-state index in [-0.39, 0.29) is 6.10 Å². The molecule has 4 heteroatoms. The molecule has 0 bridgehead atoms. The second-order valence-electron chi connectivity index (χ2n) is 3.74. The minimum atomic E-state index is 0.221. The Morgan fingerprint density at radius 1 is 1.31 bits per heavy atom. The van der Waals surface area contributed by atoms with E-state index in [0.717, 1.165) is 5.56 Å². The summed E-state index contributed by atoms with van der Waals surface area (Å²) in [4.78, 5) is 0. The molecule has 0 unspecified atom stereocenters. The normalized spacial score (nSPS) is 10.8. The molecule has 0 aliphatic carbocycles. The Labute approximate surface area is 101 Å². The van der Waals surface area contributed by atoms with Crippen LogP contribution in [0, 0.1) is 0 Å². The fourth-order valence-corrected chi connectivity index (χ4v) is 1.48. The monoisotopic (exact) mass is 243 g/mol. The zero-order valence-electron chi connectivity index (χ0n) is 9.70. The molecule has 0 aliphatic heterocycles. The molecular weight excluding hydrogens is 226 g/mol. The van der Waals surface area contributed by atoms with Crippen LogP contribution in [-0.4, -0.2) is 19.3 Å². The van der Waals surface area contributed by atoms with Crippen LogP contribution in [0.1, 0.15) is 19.4 Å². The highest BCUT2D eigenvalue weighted by atomic mass is 35.5. The van der Waals surface area contributed by atoms with Gasteiger partial charge in [0.15, 0.2) is 0 Å². The first-order valence-electron chi connectivity index (χ1n) is 5.36. The molecule has 1 aromatic rings. The largest absolute Gasteiger partial charge is 0.490 e. The molecule has 0 atom stereocenters. The van der Waals surface area contributed by atoms with E-state index in [4.69, 9.17) is 26.8 Å². The highest BCUT2D eigenvalue weighted by Crippen LogP contribution is 2.25. The molecule has 90 valence electrons. The van der Waals surface area contributed by atoms with Crippen molar-refractivity contribution in [2.75, 3.05) is 13.2 Å². The average Bonchev–Trinajstić information content (AvgIpc) is 2.25. The number of benzene rings is 1. The maximum atomic E-state index is 6.03. The molecule has 0 saturated heterocycles. The number of hydrogen-bond acceptors (Lipinski definition) is 3. The third-order valence-corrected chi connectivity index (χ3v) is 2.32. The van der Waals surface area contributed by atoms with Crippen molar-refractivity contribution in [3.8, 4) is 5.75 Å². The highest BCUT2D eigenvalue weighted by Gasteiger charge is 2.02. The van der Waals surface area contributed by atoms with Crippen LogP contribution in [0.2, 0.25) is 5.02 Å². The predicted molar refractivity (Wildman–Crippen MR) is 65.9 cm³/mol. The molecule has 0 aromatic heterocycles. The molecule has 3 nitrogen and oxygen atoms in total. The van der Waals surface area contributed by atoms with E-state index >= 15 is 0 Å². The van der Waals surface area contributed by atoms with E-state index in [1.165, 1.54) is 0 Å². The fraction of sp³-hybridized carbons (Fsp3) is 0.500. The second kappa shape index (κ2) is 6.74. The van der Waals surface area contributed by atoms with E-state index in [2.05, 4.69) is 0 Å². The van der Waals surface area contributed by atoms with Crippen molar-refractivity contribution in [1.82, 2.24) is 0 Å². The van der Waals surface area contributed by atoms with Crippen LogP contribution in [0.4, 0.5) is 0 Å². The van der Waals surface area contributed by atoms with Crippen molar-refractivity contribution >= 4 is 11.6 Å². The zero-order valence-corrected chi connectivity index (χ0v) is 10.5.